The number of carbonyl (C=O) groups is 1. The van der Waals surface area contributed by atoms with Gasteiger partial charge in [-0.2, -0.15) is 0 Å². The van der Waals surface area contributed by atoms with Crippen LogP contribution in [0.4, 0.5) is 11.4 Å². The number of aromatic nitrogens is 2. The lowest BCUT2D eigenvalue weighted by molar-refractivity contribution is -0.384. The topological polar surface area (TPSA) is 120 Å². The predicted octanol–water partition coefficient (Wildman–Crippen LogP) is 4.00. The average Bonchev–Trinajstić information content (AvgIpc) is 3.15. The van der Waals surface area contributed by atoms with Crippen LogP contribution in [0.15, 0.2) is 46.0 Å². The molecule has 0 fully saturated rings. The molecule has 0 aliphatic carbocycles. The van der Waals surface area contributed by atoms with Crippen LogP contribution < -0.4 is 10.1 Å². The van der Waals surface area contributed by atoms with Crippen LogP contribution in [0.1, 0.15) is 11.1 Å². The molecule has 1 aromatic heterocycles. The summed E-state index contributed by atoms with van der Waals surface area (Å²) in [5.41, 5.74) is 2.79. The first-order valence-corrected chi connectivity index (χ1v) is 9.51. The highest BCUT2D eigenvalue weighted by Gasteiger charge is 2.18. The van der Waals surface area contributed by atoms with Gasteiger partial charge in [-0.1, -0.05) is 29.0 Å². The van der Waals surface area contributed by atoms with Crippen molar-refractivity contribution in [1.82, 2.24) is 10.2 Å². The fraction of sp³-hybridized carbons (Fsp3) is 0.211. The average molecular weight is 414 g/mol. The number of nitrogens with one attached hydrogen (secondary N) is 1. The molecule has 150 valence electrons. The maximum atomic E-state index is 12.2. The van der Waals surface area contributed by atoms with E-state index in [1.165, 1.54) is 25.3 Å². The smallest absolute Gasteiger partial charge is 0.296 e. The Morgan fingerprint density at radius 1 is 1.21 bits per heavy atom. The number of ether oxygens (including phenoxy) is 1. The van der Waals surface area contributed by atoms with Crippen molar-refractivity contribution in [2.45, 2.75) is 19.1 Å². The SMILES string of the molecule is COc1ccc(NC(=O)CSc2nnc(-c3cc(C)cc(C)c3)o2)c([N+](=O)[O-])c1. The molecular weight excluding hydrogens is 396 g/mol. The van der Waals surface area contributed by atoms with E-state index < -0.39 is 10.8 Å². The molecule has 0 radical (unpaired) electrons. The number of nitro benzene ring substituents is 1. The normalized spacial score (nSPS) is 10.6. The molecule has 1 heterocycles. The van der Waals surface area contributed by atoms with Gasteiger partial charge in [-0.15, -0.1) is 10.2 Å². The highest BCUT2D eigenvalue weighted by Crippen LogP contribution is 2.29. The summed E-state index contributed by atoms with van der Waals surface area (Å²) in [6.45, 7) is 3.95. The zero-order chi connectivity index (χ0) is 21.0. The van der Waals surface area contributed by atoms with E-state index in [9.17, 15) is 14.9 Å². The van der Waals surface area contributed by atoms with Crippen LogP contribution in [-0.2, 0) is 4.79 Å². The number of amides is 1. The Balaban J connectivity index is 1.65. The molecule has 0 saturated carbocycles. The van der Waals surface area contributed by atoms with Crippen molar-refractivity contribution in [2.24, 2.45) is 0 Å². The van der Waals surface area contributed by atoms with E-state index in [0.717, 1.165) is 28.5 Å². The molecule has 3 aromatic rings. The van der Waals surface area contributed by atoms with Crippen LogP contribution in [0.3, 0.4) is 0 Å². The fourth-order valence-corrected chi connectivity index (χ4v) is 3.25. The van der Waals surface area contributed by atoms with E-state index in [2.05, 4.69) is 15.5 Å². The summed E-state index contributed by atoms with van der Waals surface area (Å²) in [5.74, 6) is 0.214. The molecule has 0 aliphatic heterocycles. The summed E-state index contributed by atoms with van der Waals surface area (Å²) in [6, 6.07) is 10.1. The lowest BCUT2D eigenvalue weighted by Crippen LogP contribution is -2.15. The van der Waals surface area contributed by atoms with Gasteiger partial charge in [0.15, 0.2) is 0 Å². The summed E-state index contributed by atoms with van der Waals surface area (Å²) in [7, 11) is 1.41. The number of hydrogen-bond acceptors (Lipinski definition) is 8. The largest absolute Gasteiger partial charge is 0.496 e. The minimum atomic E-state index is -0.584. The zero-order valence-electron chi connectivity index (χ0n) is 16.0. The molecule has 0 spiro atoms. The predicted molar refractivity (Wildman–Crippen MR) is 108 cm³/mol. The number of methoxy groups -OCH3 is 1. The van der Waals surface area contributed by atoms with Gasteiger partial charge in [0.05, 0.1) is 23.9 Å². The first-order chi connectivity index (χ1) is 13.9. The second kappa shape index (κ2) is 8.74. The summed E-state index contributed by atoms with van der Waals surface area (Å²) in [5, 5.41) is 21.9. The van der Waals surface area contributed by atoms with Gasteiger partial charge < -0.3 is 14.5 Å². The Labute approximate surface area is 170 Å². The fourth-order valence-electron chi connectivity index (χ4n) is 2.69. The van der Waals surface area contributed by atoms with E-state index in [1.54, 1.807) is 0 Å². The summed E-state index contributed by atoms with van der Waals surface area (Å²) in [4.78, 5) is 22.8. The van der Waals surface area contributed by atoms with Crippen LogP contribution >= 0.6 is 11.8 Å². The number of thioether (sulfide) groups is 1. The molecule has 1 amide bonds. The number of carbonyl (C=O) groups excluding carboxylic acids is 1. The third-order valence-corrected chi connectivity index (χ3v) is 4.70. The van der Waals surface area contributed by atoms with E-state index >= 15 is 0 Å². The second-order valence-electron chi connectivity index (χ2n) is 6.23. The third-order valence-electron chi connectivity index (χ3n) is 3.88. The summed E-state index contributed by atoms with van der Waals surface area (Å²) in [6.07, 6.45) is 0. The monoisotopic (exact) mass is 414 g/mol. The molecule has 29 heavy (non-hydrogen) atoms. The Morgan fingerprint density at radius 3 is 2.59 bits per heavy atom. The lowest BCUT2D eigenvalue weighted by atomic mass is 10.1. The zero-order valence-corrected chi connectivity index (χ0v) is 16.8. The molecule has 0 saturated heterocycles. The molecule has 9 nitrogen and oxygen atoms in total. The van der Waals surface area contributed by atoms with Crippen LogP contribution in [0.25, 0.3) is 11.5 Å². The molecule has 0 atom stereocenters. The van der Waals surface area contributed by atoms with Gasteiger partial charge in [0.1, 0.15) is 11.4 Å². The van der Waals surface area contributed by atoms with Crippen molar-refractivity contribution in [3.8, 4) is 17.2 Å². The highest BCUT2D eigenvalue weighted by atomic mass is 32.2. The van der Waals surface area contributed by atoms with Gasteiger partial charge in [-0.25, -0.2) is 0 Å². The van der Waals surface area contributed by atoms with Gasteiger partial charge in [0, 0.05) is 5.56 Å². The number of nitro groups is 1. The maximum Gasteiger partial charge on any atom is 0.296 e. The molecule has 10 heteroatoms. The molecular formula is C19H18N4O5S. The van der Waals surface area contributed by atoms with Gasteiger partial charge >= 0.3 is 0 Å². The quantitative estimate of drug-likeness (QED) is 0.350. The van der Waals surface area contributed by atoms with Gasteiger partial charge in [0.2, 0.25) is 11.8 Å². The maximum absolute atomic E-state index is 12.2. The third kappa shape index (κ3) is 5.11. The Bertz CT molecular complexity index is 1050. The van der Waals surface area contributed by atoms with Crippen molar-refractivity contribution < 1.29 is 18.9 Å². The van der Waals surface area contributed by atoms with Crippen molar-refractivity contribution in [3.63, 3.8) is 0 Å². The van der Waals surface area contributed by atoms with Crippen molar-refractivity contribution in [2.75, 3.05) is 18.2 Å². The van der Waals surface area contributed by atoms with E-state index in [-0.39, 0.29) is 22.4 Å². The number of nitrogens with zero attached hydrogens (tertiary/aromatic N) is 3. The Morgan fingerprint density at radius 2 is 1.93 bits per heavy atom. The molecule has 1 N–H and O–H groups in total. The van der Waals surface area contributed by atoms with E-state index in [0.29, 0.717) is 11.6 Å². The number of anilines is 1. The standard InChI is InChI=1S/C19H18N4O5S/c1-11-6-12(2)8-13(7-11)18-21-22-19(28-18)29-10-17(24)20-15-5-4-14(27-3)9-16(15)23(25)26/h4-9H,10H2,1-3H3,(H,20,24). The Hall–Kier alpha value is -3.40. The summed E-state index contributed by atoms with van der Waals surface area (Å²) < 4.78 is 10.6. The van der Waals surface area contributed by atoms with Crippen molar-refractivity contribution in [1.29, 1.82) is 0 Å². The van der Waals surface area contributed by atoms with Crippen LogP contribution in [0.5, 0.6) is 5.75 Å². The molecule has 0 bridgehead atoms. The van der Waals surface area contributed by atoms with Crippen LogP contribution in [-0.4, -0.2) is 33.9 Å². The summed E-state index contributed by atoms with van der Waals surface area (Å²) >= 11 is 1.05. The second-order valence-corrected chi connectivity index (χ2v) is 7.15. The molecule has 3 rings (SSSR count). The molecule has 0 unspecified atom stereocenters. The van der Waals surface area contributed by atoms with Crippen molar-refractivity contribution in [3.05, 3.63) is 57.6 Å². The van der Waals surface area contributed by atoms with Gasteiger partial charge in [-0.05, 0) is 38.1 Å². The van der Waals surface area contributed by atoms with Gasteiger partial charge in [-0.3, -0.25) is 14.9 Å². The van der Waals surface area contributed by atoms with E-state index in [1.807, 2.05) is 32.0 Å². The Kier molecular flexibility index (Phi) is 6.13. The lowest BCUT2D eigenvalue weighted by Gasteiger charge is -2.06. The van der Waals surface area contributed by atoms with Gasteiger partial charge in [0.25, 0.3) is 10.9 Å². The number of aryl methyl sites for hydroxylation is 2. The number of hydrogen-bond donors (Lipinski definition) is 1. The minimum absolute atomic E-state index is 0.0440. The first-order valence-electron chi connectivity index (χ1n) is 8.53. The molecule has 0 aliphatic rings. The minimum Gasteiger partial charge on any atom is -0.496 e. The van der Waals surface area contributed by atoms with Crippen LogP contribution in [0, 0.1) is 24.0 Å². The first kappa shape index (κ1) is 20.3. The van der Waals surface area contributed by atoms with E-state index in [4.69, 9.17) is 9.15 Å². The molecule has 2 aromatic carbocycles. The highest BCUT2D eigenvalue weighted by molar-refractivity contribution is 7.99. The number of benzene rings is 2. The van der Waals surface area contributed by atoms with Crippen LogP contribution in [0.2, 0.25) is 0 Å². The van der Waals surface area contributed by atoms with Crippen molar-refractivity contribution >= 4 is 29.0 Å². The number of rotatable bonds is 7.